The lowest BCUT2D eigenvalue weighted by atomic mass is 10.2. The zero-order valence-corrected chi connectivity index (χ0v) is 10.00. The molecule has 1 rings (SSSR count). The van der Waals surface area contributed by atoms with Gasteiger partial charge in [-0.25, -0.2) is 4.79 Å². The predicted octanol–water partition coefficient (Wildman–Crippen LogP) is 1.24. The van der Waals surface area contributed by atoms with Crippen LogP contribution < -0.4 is 0 Å². The van der Waals surface area contributed by atoms with Crippen molar-refractivity contribution in [2.45, 2.75) is 19.0 Å². The van der Waals surface area contributed by atoms with E-state index >= 15 is 0 Å². The highest BCUT2D eigenvalue weighted by Crippen LogP contribution is 2.22. The van der Waals surface area contributed by atoms with Crippen LogP contribution in [0, 0.1) is 0 Å². The van der Waals surface area contributed by atoms with Crippen molar-refractivity contribution in [3.05, 3.63) is 0 Å². The molecule has 0 aromatic heterocycles. The summed E-state index contributed by atoms with van der Waals surface area (Å²) in [6.07, 6.45) is -6.45. The van der Waals surface area contributed by atoms with E-state index in [1.54, 1.807) is 0 Å². The normalized spacial score (nSPS) is 16.7. The van der Waals surface area contributed by atoms with Crippen LogP contribution >= 0.6 is 0 Å². The number of alkyl halides is 3. The third kappa shape index (κ3) is 4.42. The topological polar surface area (TPSA) is 49.9 Å². The number of piperazine rings is 1. The first-order valence-corrected chi connectivity index (χ1v) is 5.51. The minimum Gasteiger partial charge on any atom is -0.453 e. The molecular weight excluding hydrogens is 253 g/mol. The van der Waals surface area contributed by atoms with Crippen LogP contribution in [0.1, 0.15) is 12.8 Å². The fourth-order valence-corrected chi connectivity index (χ4v) is 1.67. The summed E-state index contributed by atoms with van der Waals surface area (Å²) in [5, 5.41) is 0. The molecule has 1 heterocycles. The molecular formula is C10H15F3N2O3. The highest BCUT2D eigenvalue weighted by Gasteiger charge is 2.30. The summed E-state index contributed by atoms with van der Waals surface area (Å²) in [6, 6.07) is 0. The van der Waals surface area contributed by atoms with Gasteiger partial charge in [0.25, 0.3) is 0 Å². The molecule has 0 aromatic rings. The summed E-state index contributed by atoms with van der Waals surface area (Å²) in [4.78, 5) is 25.4. The maximum Gasteiger partial charge on any atom is 0.409 e. The van der Waals surface area contributed by atoms with Gasteiger partial charge in [-0.05, 0) is 0 Å². The molecule has 1 saturated heterocycles. The number of methoxy groups -OCH3 is 1. The number of nitrogens with zero attached hydrogens (tertiary/aromatic N) is 2. The zero-order chi connectivity index (χ0) is 13.8. The molecule has 1 aliphatic heterocycles. The van der Waals surface area contributed by atoms with Gasteiger partial charge < -0.3 is 14.5 Å². The van der Waals surface area contributed by atoms with E-state index in [2.05, 4.69) is 4.74 Å². The molecule has 0 radical (unpaired) electrons. The smallest absolute Gasteiger partial charge is 0.409 e. The van der Waals surface area contributed by atoms with E-state index < -0.39 is 31.0 Å². The summed E-state index contributed by atoms with van der Waals surface area (Å²) in [5.74, 6) is -0.531. The molecule has 0 unspecified atom stereocenters. The van der Waals surface area contributed by atoms with Crippen molar-refractivity contribution < 1.29 is 27.5 Å². The van der Waals surface area contributed by atoms with E-state index in [0.717, 1.165) is 0 Å². The summed E-state index contributed by atoms with van der Waals surface area (Å²) < 4.78 is 40.4. The Morgan fingerprint density at radius 2 is 1.61 bits per heavy atom. The van der Waals surface area contributed by atoms with E-state index in [9.17, 15) is 22.8 Å². The number of hydrogen-bond acceptors (Lipinski definition) is 3. The number of carbonyl (C=O) groups is 2. The molecule has 0 N–H and O–H groups in total. The second-order valence-corrected chi connectivity index (χ2v) is 3.95. The quantitative estimate of drug-likeness (QED) is 0.757. The van der Waals surface area contributed by atoms with Crippen LogP contribution in [0.5, 0.6) is 0 Å². The minimum absolute atomic E-state index is 0.242. The predicted molar refractivity (Wildman–Crippen MR) is 55.8 cm³/mol. The van der Waals surface area contributed by atoms with Crippen LogP contribution in [0.25, 0.3) is 0 Å². The first-order valence-electron chi connectivity index (χ1n) is 5.51. The number of halogens is 3. The summed E-state index contributed by atoms with van der Waals surface area (Å²) >= 11 is 0. The van der Waals surface area contributed by atoms with Crippen LogP contribution in [0.3, 0.4) is 0 Å². The first kappa shape index (κ1) is 14.6. The fourth-order valence-electron chi connectivity index (χ4n) is 1.67. The Morgan fingerprint density at radius 1 is 1.11 bits per heavy atom. The highest BCUT2D eigenvalue weighted by atomic mass is 19.4. The van der Waals surface area contributed by atoms with Crippen molar-refractivity contribution in [2.24, 2.45) is 0 Å². The van der Waals surface area contributed by atoms with Gasteiger partial charge in [0.1, 0.15) is 0 Å². The standard InChI is InChI=1S/C10H15F3N2O3/c1-18-9(17)15-6-4-14(5-7-15)8(16)2-3-10(11,12)13/h2-7H2,1H3. The van der Waals surface area contributed by atoms with Crippen LogP contribution in [0.4, 0.5) is 18.0 Å². The Labute approximate surface area is 102 Å². The monoisotopic (exact) mass is 268 g/mol. The van der Waals surface area contributed by atoms with Gasteiger partial charge in [-0.1, -0.05) is 0 Å². The molecule has 8 heteroatoms. The van der Waals surface area contributed by atoms with Crippen molar-refractivity contribution in [3.8, 4) is 0 Å². The number of rotatable bonds is 2. The second kappa shape index (κ2) is 5.92. The maximum absolute atomic E-state index is 12.0. The van der Waals surface area contributed by atoms with Gasteiger partial charge in [0.15, 0.2) is 0 Å². The molecule has 104 valence electrons. The summed E-state index contributed by atoms with van der Waals surface area (Å²) in [5.41, 5.74) is 0. The molecule has 0 spiro atoms. The van der Waals surface area contributed by atoms with Crippen molar-refractivity contribution >= 4 is 12.0 Å². The molecule has 1 fully saturated rings. The first-order chi connectivity index (χ1) is 8.33. The Kier molecular flexibility index (Phi) is 4.80. The van der Waals surface area contributed by atoms with Crippen LogP contribution in [-0.4, -0.2) is 61.3 Å². The van der Waals surface area contributed by atoms with E-state index in [0.29, 0.717) is 0 Å². The Morgan fingerprint density at radius 3 is 2.06 bits per heavy atom. The lowest BCUT2D eigenvalue weighted by Crippen LogP contribution is -2.50. The van der Waals surface area contributed by atoms with Crippen molar-refractivity contribution in [2.75, 3.05) is 33.3 Å². The molecule has 1 aliphatic rings. The average molecular weight is 268 g/mol. The average Bonchev–Trinajstić information content (AvgIpc) is 2.34. The van der Waals surface area contributed by atoms with Gasteiger partial charge >= 0.3 is 12.3 Å². The van der Waals surface area contributed by atoms with Crippen molar-refractivity contribution in [1.82, 2.24) is 9.80 Å². The Balaban J connectivity index is 2.34. The molecule has 2 amide bonds. The summed E-state index contributed by atoms with van der Waals surface area (Å²) in [7, 11) is 1.25. The van der Waals surface area contributed by atoms with E-state index in [4.69, 9.17) is 0 Å². The van der Waals surface area contributed by atoms with Gasteiger partial charge in [0.05, 0.1) is 13.5 Å². The van der Waals surface area contributed by atoms with Crippen LogP contribution in [-0.2, 0) is 9.53 Å². The minimum atomic E-state index is -4.32. The van der Waals surface area contributed by atoms with Crippen LogP contribution in [0.15, 0.2) is 0 Å². The molecule has 5 nitrogen and oxygen atoms in total. The third-order valence-electron chi connectivity index (χ3n) is 2.69. The lowest BCUT2D eigenvalue weighted by Gasteiger charge is -2.33. The molecule has 0 atom stereocenters. The molecule has 0 bridgehead atoms. The van der Waals surface area contributed by atoms with E-state index in [-0.39, 0.29) is 26.2 Å². The maximum atomic E-state index is 12.0. The Hall–Kier alpha value is -1.47. The summed E-state index contributed by atoms with van der Waals surface area (Å²) in [6.45, 7) is 1.05. The molecule has 18 heavy (non-hydrogen) atoms. The second-order valence-electron chi connectivity index (χ2n) is 3.95. The molecule has 0 aromatic carbocycles. The fraction of sp³-hybridized carbons (Fsp3) is 0.800. The number of ether oxygens (including phenoxy) is 1. The number of hydrogen-bond donors (Lipinski definition) is 0. The van der Waals surface area contributed by atoms with Gasteiger partial charge in [-0.2, -0.15) is 13.2 Å². The van der Waals surface area contributed by atoms with E-state index in [1.807, 2.05) is 0 Å². The lowest BCUT2D eigenvalue weighted by molar-refractivity contribution is -0.149. The van der Waals surface area contributed by atoms with Crippen LogP contribution in [0.2, 0.25) is 0 Å². The van der Waals surface area contributed by atoms with Crippen molar-refractivity contribution in [3.63, 3.8) is 0 Å². The molecule has 0 saturated carbocycles. The number of carbonyl (C=O) groups excluding carboxylic acids is 2. The number of amides is 2. The van der Waals surface area contributed by atoms with Crippen molar-refractivity contribution in [1.29, 1.82) is 0 Å². The van der Waals surface area contributed by atoms with Gasteiger partial charge in [0.2, 0.25) is 5.91 Å². The van der Waals surface area contributed by atoms with Gasteiger partial charge in [0, 0.05) is 32.6 Å². The molecule has 0 aliphatic carbocycles. The van der Waals surface area contributed by atoms with E-state index in [1.165, 1.54) is 16.9 Å². The largest absolute Gasteiger partial charge is 0.453 e. The highest BCUT2D eigenvalue weighted by molar-refractivity contribution is 5.76. The SMILES string of the molecule is COC(=O)N1CCN(C(=O)CCC(F)(F)F)CC1. The third-order valence-corrected chi connectivity index (χ3v) is 2.69. The van der Waals surface area contributed by atoms with Gasteiger partial charge in [-0.15, -0.1) is 0 Å². The Bertz CT molecular complexity index is 312. The zero-order valence-electron chi connectivity index (χ0n) is 10.00. The van der Waals surface area contributed by atoms with Gasteiger partial charge in [-0.3, -0.25) is 4.79 Å².